The topological polar surface area (TPSA) is 29.3 Å². The van der Waals surface area contributed by atoms with Crippen LogP contribution in [0.3, 0.4) is 0 Å². The van der Waals surface area contributed by atoms with Gasteiger partial charge in [0, 0.05) is 0 Å². The molecule has 212 valence electrons. The van der Waals surface area contributed by atoms with E-state index in [4.69, 9.17) is 9.40 Å². The Labute approximate surface area is 266 Å². The first-order valence-electron chi connectivity index (χ1n) is 15.0. The molecule has 0 amide bonds. The number of benzene rings is 7. The van der Waals surface area contributed by atoms with Crippen LogP contribution in [-0.2, 0) is 0 Å². The number of rotatable bonds is 5. The number of oxazole rings is 1. The van der Waals surface area contributed by atoms with Crippen molar-refractivity contribution >= 4 is 72.7 Å². The third kappa shape index (κ3) is 4.55. The molecule has 2 heterocycles. The predicted octanol–water partition coefficient (Wildman–Crippen LogP) is 11.1. The van der Waals surface area contributed by atoms with Gasteiger partial charge in [-0.1, -0.05) is 0 Å². The van der Waals surface area contributed by atoms with E-state index in [9.17, 15) is 0 Å². The van der Waals surface area contributed by atoms with Crippen molar-refractivity contribution in [1.29, 1.82) is 0 Å². The Kier molecular flexibility index (Phi) is 6.15. The molecule has 0 bridgehead atoms. The van der Waals surface area contributed by atoms with Gasteiger partial charge in [0.05, 0.1) is 0 Å². The molecule has 0 N–H and O–H groups in total. The van der Waals surface area contributed by atoms with Crippen molar-refractivity contribution in [3.05, 3.63) is 158 Å². The zero-order chi connectivity index (χ0) is 29.7. The van der Waals surface area contributed by atoms with Crippen LogP contribution >= 0.6 is 0 Å². The maximum atomic E-state index is 6.24. The van der Waals surface area contributed by atoms with Crippen molar-refractivity contribution in [3.8, 4) is 22.6 Å². The van der Waals surface area contributed by atoms with Gasteiger partial charge in [-0.15, -0.1) is 0 Å². The van der Waals surface area contributed by atoms with Crippen LogP contribution in [0.2, 0.25) is 0 Å². The summed E-state index contributed by atoms with van der Waals surface area (Å²) in [5.41, 5.74) is 8.56. The monoisotopic (exact) mass is 642 g/mol. The Morgan fingerprint density at radius 3 is 2.16 bits per heavy atom. The average molecular weight is 642 g/mol. The third-order valence-corrected chi connectivity index (χ3v) is 10.8. The summed E-state index contributed by atoms with van der Waals surface area (Å²) in [7, 11) is 0. The van der Waals surface area contributed by atoms with Gasteiger partial charge >= 0.3 is 267 Å². The van der Waals surface area contributed by atoms with Crippen LogP contribution in [0, 0.1) is 0 Å². The van der Waals surface area contributed by atoms with Crippen LogP contribution in [0.25, 0.3) is 63.7 Å². The van der Waals surface area contributed by atoms with E-state index in [0.29, 0.717) is 5.89 Å². The summed E-state index contributed by atoms with van der Waals surface area (Å²) in [6.07, 6.45) is 0. The summed E-state index contributed by atoms with van der Waals surface area (Å²) < 4.78 is 8.97. The molecule has 0 spiro atoms. The van der Waals surface area contributed by atoms with E-state index in [1.807, 2.05) is 24.3 Å². The summed E-state index contributed by atoms with van der Waals surface area (Å²) in [6, 6.07) is 56.2. The second kappa shape index (κ2) is 10.6. The fraction of sp³-hybridized carbons (Fsp3) is 0. The molecule has 0 atom stereocenters. The summed E-state index contributed by atoms with van der Waals surface area (Å²) in [5.74, 6) is 0.677. The number of hydrogen-bond acceptors (Lipinski definition) is 3. The molecule has 0 saturated carbocycles. The quantitative estimate of drug-likeness (QED) is 0.175. The van der Waals surface area contributed by atoms with E-state index in [-0.39, 0.29) is 14.5 Å². The number of fused-ring (bicyclic) bond motifs is 5. The first kappa shape index (κ1) is 26.0. The molecule has 45 heavy (non-hydrogen) atoms. The van der Waals surface area contributed by atoms with E-state index in [1.165, 1.54) is 41.2 Å². The third-order valence-electron chi connectivity index (χ3n) is 8.47. The molecule has 2 aromatic heterocycles. The van der Waals surface area contributed by atoms with E-state index in [1.54, 1.807) is 0 Å². The van der Waals surface area contributed by atoms with Crippen molar-refractivity contribution < 1.29 is 4.42 Å². The molecule has 9 rings (SSSR count). The van der Waals surface area contributed by atoms with Gasteiger partial charge in [-0.25, -0.2) is 0 Å². The van der Waals surface area contributed by atoms with Crippen LogP contribution in [0.4, 0.5) is 17.1 Å². The van der Waals surface area contributed by atoms with E-state index >= 15 is 0 Å². The van der Waals surface area contributed by atoms with E-state index in [2.05, 4.69) is 138 Å². The second-order valence-electron chi connectivity index (χ2n) is 11.2. The predicted molar refractivity (Wildman–Crippen MR) is 189 cm³/mol. The molecule has 0 aliphatic carbocycles. The molecule has 3 nitrogen and oxygen atoms in total. The summed E-state index contributed by atoms with van der Waals surface area (Å²) >= 11 is 0.156. The summed E-state index contributed by atoms with van der Waals surface area (Å²) in [5, 5.41) is 4.97. The minimum atomic E-state index is 0.156. The molecule has 0 radical (unpaired) electrons. The van der Waals surface area contributed by atoms with Gasteiger partial charge in [0.25, 0.3) is 0 Å². The Morgan fingerprint density at radius 1 is 0.511 bits per heavy atom. The molecule has 0 unspecified atom stereocenters. The summed E-state index contributed by atoms with van der Waals surface area (Å²) in [6.45, 7) is 0. The van der Waals surface area contributed by atoms with Gasteiger partial charge in [-0.05, 0) is 0 Å². The van der Waals surface area contributed by atoms with Gasteiger partial charge in [-0.2, -0.15) is 0 Å². The summed E-state index contributed by atoms with van der Waals surface area (Å²) in [4.78, 5) is 7.24. The average Bonchev–Trinajstić information content (AvgIpc) is 3.70. The van der Waals surface area contributed by atoms with Crippen molar-refractivity contribution in [2.24, 2.45) is 0 Å². The number of para-hydroxylation sites is 2. The fourth-order valence-electron chi connectivity index (χ4n) is 6.34. The van der Waals surface area contributed by atoms with Gasteiger partial charge in [0.1, 0.15) is 0 Å². The van der Waals surface area contributed by atoms with Crippen LogP contribution in [0.15, 0.2) is 162 Å². The molecule has 0 saturated heterocycles. The van der Waals surface area contributed by atoms with Crippen LogP contribution in [0.1, 0.15) is 0 Å². The second-order valence-corrected chi connectivity index (χ2v) is 13.5. The Balaban J connectivity index is 1.23. The van der Waals surface area contributed by atoms with Gasteiger partial charge in [-0.3, -0.25) is 0 Å². The Morgan fingerprint density at radius 2 is 1.24 bits per heavy atom. The molecule has 0 aliphatic heterocycles. The number of nitrogens with zero attached hydrogens (tertiary/aromatic N) is 2. The minimum absolute atomic E-state index is 0.156. The molecule has 0 aliphatic rings. The van der Waals surface area contributed by atoms with E-state index in [0.717, 1.165) is 33.7 Å². The SMILES string of the molecule is c1ccc(-c2cccc(N(c3ccc4ccccc4c3)c3ccc4c(c3)[se]c3cccc(-c5nc6ccccc6o5)c34)c2)cc1. The number of anilines is 3. The molecular weight excluding hydrogens is 615 g/mol. The molecule has 4 heteroatoms. The Bertz CT molecular complexity index is 2480. The molecule has 9 aromatic rings. The van der Waals surface area contributed by atoms with Crippen molar-refractivity contribution in [1.82, 2.24) is 4.98 Å². The van der Waals surface area contributed by atoms with Crippen molar-refractivity contribution in [2.75, 3.05) is 4.90 Å². The number of aromatic nitrogens is 1. The fourth-order valence-corrected chi connectivity index (χ4v) is 8.78. The van der Waals surface area contributed by atoms with Crippen molar-refractivity contribution in [2.45, 2.75) is 0 Å². The van der Waals surface area contributed by atoms with Gasteiger partial charge < -0.3 is 0 Å². The van der Waals surface area contributed by atoms with E-state index < -0.39 is 0 Å². The Hall–Kier alpha value is -5.41. The van der Waals surface area contributed by atoms with Crippen LogP contribution < -0.4 is 4.90 Å². The standard InChI is InChI=1S/C41H26N2OSe/c1-2-10-27(11-3-1)30-14-8-15-31(24-30)43(32-21-20-28-12-4-5-13-29(28)25-32)33-22-23-34-39(26-33)45-38-19-9-16-35(40(34)38)41-42-36-17-6-7-18-37(36)44-41/h1-26H. The molecule has 7 aromatic carbocycles. The van der Waals surface area contributed by atoms with Crippen molar-refractivity contribution in [3.63, 3.8) is 0 Å². The van der Waals surface area contributed by atoms with Gasteiger partial charge in [0.2, 0.25) is 0 Å². The zero-order valence-electron chi connectivity index (χ0n) is 24.2. The van der Waals surface area contributed by atoms with Crippen LogP contribution in [-0.4, -0.2) is 19.5 Å². The van der Waals surface area contributed by atoms with Gasteiger partial charge in [0.15, 0.2) is 0 Å². The maximum absolute atomic E-state index is 6.24. The normalized spacial score (nSPS) is 11.6. The zero-order valence-corrected chi connectivity index (χ0v) is 25.9. The number of hydrogen-bond donors (Lipinski definition) is 0. The first-order valence-corrected chi connectivity index (χ1v) is 16.8. The molecule has 0 fully saturated rings. The van der Waals surface area contributed by atoms with Crippen LogP contribution in [0.5, 0.6) is 0 Å². The molecular formula is C41H26N2OSe. The first-order chi connectivity index (χ1) is 22.3.